The SMILES string of the molecule is CCSC1=CCS(=O)(=O)C1. The van der Waals surface area contributed by atoms with Crippen LogP contribution in [-0.4, -0.2) is 25.7 Å². The van der Waals surface area contributed by atoms with Crippen LogP contribution in [0.4, 0.5) is 0 Å². The highest BCUT2D eigenvalue weighted by atomic mass is 32.2. The van der Waals surface area contributed by atoms with Crippen molar-refractivity contribution in [2.45, 2.75) is 6.92 Å². The fraction of sp³-hybridized carbons (Fsp3) is 0.667. The molecule has 0 spiro atoms. The minimum absolute atomic E-state index is 0.245. The molecule has 0 radical (unpaired) electrons. The molecule has 0 aromatic rings. The van der Waals surface area contributed by atoms with Gasteiger partial charge in [0, 0.05) is 0 Å². The van der Waals surface area contributed by atoms with Gasteiger partial charge < -0.3 is 0 Å². The van der Waals surface area contributed by atoms with Crippen molar-refractivity contribution in [1.29, 1.82) is 0 Å². The average Bonchev–Trinajstić information content (AvgIpc) is 2.12. The maximum absolute atomic E-state index is 10.9. The van der Waals surface area contributed by atoms with Crippen LogP contribution in [0.5, 0.6) is 0 Å². The first-order chi connectivity index (χ1) is 4.64. The third kappa shape index (κ3) is 2.02. The monoisotopic (exact) mass is 178 g/mol. The van der Waals surface area contributed by atoms with Gasteiger partial charge >= 0.3 is 0 Å². The number of hydrogen-bond acceptors (Lipinski definition) is 3. The second-order valence-corrected chi connectivity index (χ2v) is 5.66. The summed E-state index contributed by atoms with van der Waals surface area (Å²) in [5.74, 6) is 1.47. The summed E-state index contributed by atoms with van der Waals surface area (Å²) < 4.78 is 21.7. The Morgan fingerprint density at radius 1 is 1.70 bits per heavy atom. The number of hydrogen-bond donors (Lipinski definition) is 0. The predicted octanol–water partition coefficient (Wildman–Crippen LogP) is 1.05. The van der Waals surface area contributed by atoms with Gasteiger partial charge in [-0.05, 0) is 10.7 Å². The second-order valence-electron chi connectivity index (χ2n) is 2.16. The Hall–Kier alpha value is 0.0400. The van der Waals surface area contributed by atoms with Crippen molar-refractivity contribution in [2.75, 3.05) is 17.3 Å². The number of sulfone groups is 1. The van der Waals surface area contributed by atoms with E-state index in [1.807, 2.05) is 13.0 Å². The highest BCUT2D eigenvalue weighted by Gasteiger charge is 2.18. The molecular weight excluding hydrogens is 168 g/mol. The molecule has 0 saturated carbocycles. The summed E-state index contributed by atoms with van der Waals surface area (Å²) in [6, 6.07) is 0. The molecule has 0 unspecified atom stereocenters. The van der Waals surface area contributed by atoms with Gasteiger partial charge in [-0.3, -0.25) is 0 Å². The molecule has 1 heterocycles. The van der Waals surface area contributed by atoms with Crippen LogP contribution in [0.15, 0.2) is 11.0 Å². The number of thioether (sulfide) groups is 1. The summed E-state index contributed by atoms with van der Waals surface area (Å²) in [7, 11) is -2.73. The Labute approximate surface area is 65.6 Å². The summed E-state index contributed by atoms with van der Waals surface area (Å²) in [5.41, 5.74) is 0. The van der Waals surface area contributed by atoms with Crippen LogP contribution < -0.4 is 0 Å². The van der Waals surface area contributed by atoms with Gasteiger partial charge in [0.05, 0.1) is 11.5 Å². The van der Waals surface area contributed by atoms with Crippen molar-refractivity contribution < 1.29 is 8.42 Å². The molecule has 1 aliphatic rings. The van der Waals surface area contributed by atoms with E-state index in [4.69, 9.17) is 0 Å². The van der Waals surface area contributed by atoms with Crippen molar-refractivity contribution in [1.82, 2.24) is 0 Å². The normalized spacial score (nSPS) is 22.7. The molecule has 0 amide bonds. The molecule has 0 aliphatic carbocycles. The molecule has 4 heteroatoms. The summed E-state index contributed by atoms with van der Waals surface area (Å²) >= 11 is 1.62. The lowest BCUT2D eigenvalue weighted by molar-refractivity contribution is 0.603. The van der Waals surface area contributed by atoms with Crippen LogP contribution in [0.1, 0.15) is 6.92 Å². The lowest BCUT2D eigenvalue weighted by atomic mass is 10.6. The molecule has 1 rings (SSSR count). The summed E-state index contributed by atoms with van der Waals surface area (Å²) in [5, 5.41) is 0. The van der Waals surface area contributed by atoms with E-state index in [9.17, 15) is 8.42 Å². The van der Waals surface area contributed by atoms with Crippen molar-refractivity contribution in [2.24, 2.45) is 0 Å². The topological polar surface area (TPSA) is 34.1 Å². The lowest BCUT2D eigenvalue weighted by Gasteiger charge is -1.94. The van der Waals surface area contributed by atoms with E-state index in [2.05, 4.69) is 0 Å². The zero-order chi connectivity index (χ0) is 7.61. The molecule has 0 aromatic carbocycles. The lowest BCUT2D eigenvalue weighted by Crippen LogP contribution is -2.01. The van der Waals surface area contributed by atoms with Gasteiger partial charge in [-0.15, -0.1) is 11.8 Å². The Balaban J connectivity index is 2.55. The van der Waals surface area contributed by atoms with Crippen molar-refractivity contribution in [3.8, 4) is 0 Å². The molecule has 0 aromatic heterocycles. The maximum Gasteiger partial charge on any atom is 0.158 e. The molecule has 1 aliphatic heterocycles. The predicted molar refractivity (Wildman–Crippen MR) is 44.9 cm³/mol. The van der Waals surface area contributed by atoms with Gasteiger partial charge in [0.1, 0.15) is 0 Å². The maximum atomic E-state index is 10.9. The van der Waals surface area contributed by atoms with E-state index < -0.39 is 9.84 Å². The highest BCUT2D eigenvalue weighted by molar-refractivity contribution is 8.04. The van der Waals surface area contributed by atoms with Crippen LogP contribution in [0.25, 0.3) is 0 Å². The van der Waals surface area contributed by atoms with Gasteiger partial charge in [0.15, 0.2) is 9.84 Å². The molecule has 0 fully saturated rings. The molecule has 58 valence electrons. The van der Waals surface area contributed by atoms with Gasteiger partial charge in [-0.1, -0.05) is 13.0 Å². The third-order valence-electron chi connectivity index (χ3n) is 1.26. The third-order valence-corrected chi connectivity index (χ3v) is 3.84. The smallest absolute Gasteiger partial charge is 0.158 e. The second kappa shape index (κ2) is 2.96. The summed E-state index contributed by atoms with van der Waals surface area (Å²) in [4.78, 5) is 1.02. The van der Waals surface area contributed by atoms with Crippen LogP contribution >= 0.6 is 11.8 Å². The van der Waals surface area contributed by atoms with E-state index in [-0.39, 0.29) is 11.5 Å². The molecule has 0 saturated heterocycles. The van der Waals surface area contributed by atoms with E-state index >= 15 is 0 Å². The zero-order valence-electron chi connectivity index (χ0n) is 5.83. The molecule has 2 nitrogen and oxygen atoms in total. The minimum Gasteiger partial charge on any atom is -0.228 e. The largest absolute Gasteiger partial charge is 0.228 e. The van der Waals surface area contributed by atoms with Crippen molar-refractivity contribution in [3.05, 3.63) is 11.0 Å². The van der Waals surface area contributed by atoms with Crippen molar-refractivity contribution in [3.63, 3.8) is 0 Å². The van der Waals surface area contributed by atoms with Crippen molar-refractivity contribution >= 4 is 21.6 Å². The van der Waals surface area contributed by atoms with Gasteiger partial charge in [0.2, 0.25) is 0 Å². The van der Waals surface area contributed by atoms with Crippen LogP contribution in [0.2, 0.25) is 0 Å². The number of rotatable bonds is 2. The molecule has 0 atom stereocenters. The minimum atomic E-state index is -2.73. The molecular formula is C6H10O2S2. The van der Waals surface area contributed by atoms with Crippen LogP contribution in [0, 0.1) is 0 Å². The Morgan fingerprint density at radius 3 is 2.80 bits per heavy atom. The summed E-state index contributed by atoms with van der Waals surface area (Å²) in [6.45, 7) is 2.02. The van der Waals surface area contributed by atoms with E-state index in [0.717, 1.165) is 10.7 Å². The first-order valence-electron chi connectivity index (χ1n) is 3.16. The molecule has 0 N–H and O–H groups in total. The van der Waals surface area contributed by atoms with Gasteiger partial charge in [0.25, 0.3) is 0 Å². The van der Waals surface area contributed by atoms with Gasteiger partial charge in [-0.25, -0.2) is 8.42 Å². The summed E-state index contributed by atoms with van der Waals surface area (Å²) in [6.07, 6.45) is 1.81. The molecule has 0 bridgehead atoms. The van der Waals surface area contributed by atoms with E-state index in [0.29, 0.717) is 0 Å². The quantitative estimate of drug-likeness (QED) is 0.634. The van der Waals surface area contributed by atoms with Gasteiger partial charge in [-0.2, -0.15) is 0 Å². The Morgan fingerprint density at radius 2 is 2.40 bits per heavy atom. The Bertz CT molecular complexity index is 238. The average molecular weight is 178 g/mol. The highest BCUT2D eigenvalue weighted by Crippen LogP contribution is 2.22. The Kier molecular flexibility index (Phi) is 2.41. The van der Waals surface area contributed by atoms with Crippen LogP contribution in [0.3, 0.4) is 0 Å². The van der Waals surface area contributed by atoms with Crippen LogP contribution in [-0.2, 0) is 9.84 Å². The van der Waals surface area contributed by atoms with E-state index in [1.54, 1.807) is 11.8 Å². The zero-order valence-corrected chi connectivity index (χ0v) is 7.46. The standard InChI is InChI=1S/C6H10O2S2/c1-2-9-6-3-4-10(7,8)5-6/h3H,2,4-5H2,1H3. The fourth-order valence-corrected chi connectivity index (χ4v) is 3.51. The first-order valence-corrected chi connectivity index (χ1v) is 5.97. The molecule has 10 heavy (non-hydrogen) atoms. The van der Waals surface area contributed by atoms with E-state index in [1.165, 1.54) is 0 Å². The fourth-order valence-electron chi connectivity index (χ4n) is 0.840. The first kappa shape index (κ1) is 8.14.